The van der Waals surface area contributed by atoms with E-state index in [4.69, 9.17) is 0 Å². The fraction of sp³-hybridized carbons (Fsp3) is 0.647. The second-order valence-electron chi connectivity index (χ2n) is 6.09. The van der Waals surface area contributed by atoms with E-state index in [2.05, 4.69) is 56.8 Å². The van der Waals surface area contributed by atoms with Crippen LogP contribution in [-0.4, -0.2) is 39.0 Å². The van der Waals surface area contributed by atoms with Crippen LogP contribution >= 0.6 is 23.9 Å². The molecule has 1 heterocycles. The molecule has 122 valence electrons. The van der Waals surface area contributed by atoms with Gasteiger partial charge in [0.2, 0.25) is 0 Å². The molecular formula is C17H27N3S2. The standard InChI is InChI=1S/C17H27N3S2/c1-21-18-14-17(15-10-6-5-7-11-15)20(22-2)19(18)16-12-8-3-4-9-13-16/h5-7,10-11,16-17H,3-4,8-9,12-14H2,1-2H3. The molecule has 1 atom stereocenters. The van der Waals surface area contributed by atoms with Crippen molar-refractivity contribution in [3.8, 4) is 0 Å². The maximum absolute atomic E-state index is 2.57. The molecule has 0 radical (unpaired) electrons. The molecule has 1 saturated carbocycles. The van der Waals surface area contributed by atoms with Crippen LogP contribution in [0.1, 0.15) is 50.1 Å². The second-order valence-corrected chi connectivity index (χ2v) is 7.62. The lowest BCUT2D eigenvalue weighted by atomic mass is 10.1. The predicted molar refractivity (Wildman–Crippen MR) is 98.1 cm³/mol. The highest BCUT2D eigenvalue weighted by Crippen LogP contribution is 2.41. The Morgan fingerprint density at radius 2 is 1.59 bits per heavy atom. The molecule has 1 unspecified atom stereocenters. The van der Waals surface area contributed by atoms with Crippen LogP contribution in [-0.2, 0) is 0 Å². The first-order valence-electron chi connectivity index (χ1n) is 8.34. The molecule has 1 aliphatic carbocycles. The van der Waals surface area contributed by atoms with Crippen molar-refractivity contribution < 1.29 is 0 Å². The Morgan fingerprint density at radius 1 is 0.909 bits per heavy atom. The monoisotopic (exact) mass is 337 g/mol. The lowest BCUT2D eigenvalue weighted by molar-refractivity contribution is -0.0572. The molecule has 3 rings (SSSR count). The summed E-state index contributed by atoms with van der Waals surface area (Å²) in [6.45, 7) is 1.07. The largest absolute Gasteiger partial charge is 0.168 e. The van der Waals surface area contributed by atoms with Gasteiger partial charge in [0, 0.05) is 12.6 Å². The molecule has 1 aliphatic heterocycles. The summed E-state index contributed by atoms with van der Waals surface area (Å²) in [5.41, 5.74) is 1.42. The number of hydrazine groups is 2. The van der Waals surface area contributed by atoms with Gasteiger partial charge in [0.25, 0.3) is 0 Å². The van der Waals surface area contributed by atoms with E-state index in [-0.39, 0.29) is 0 Å². The highest BCUT2D eigenvalue weighted by atomic mass is 32.2. The average molecular weight is 338 g/mol. The number of nitrogens with zero attached hydrogens (tertiary/aromatic N) is 3. The lowest BCUT2D eigenvalue weighted by Gasteiger charge is -2.38. The minimum absolute atomic E-state index is 0.451. The summed E-state index contributed by atoms with van der Waals surface area (Å²) in [5.74, 6) is 0. The molecule has 0 amide bonds. The van der Waals surface area contributed by atoms with E-state index >= 15 is 0 Å². The smallest absolute Gasteiger partial charge is 0.0774 e. The number of hydrogen-bond donors (Lipinski definition) is 0. The molecule has 0 spiro atoms. The van der Waals surface area contributed by atoms with Gasteiger partial charge in [-0.15, -0.1) is 0 Å². The van der Waals surface area contributed by atoms with Crippen molar-refractivity contribution in [3.63, 3.8) is 0 Å². The van der Waals surface area contributed by atoms with E-state index in [1.54, 1.807) is 0 Å². The van der Waals surface area contributed by atoms with Crippen LogP contribution in [0, 0.1) is 0 Å². The van der Waals surface area contributed by atoms with E-state index in [9.17, 15) is 0 Å². The van der Waals surface area contributed by atoms with Crippen LogP contribution < -0.4 is 0 Å². The molecule has 2 fully saturated rings. The van der Waals surface area contributed by atoms with Crippen LogP contribution in [0.15, 0.2) is 30.3 Å². The third-order valence-corrected chi connectivity index (χ3v) is 6.29. The van der Waals surface area contributed by atoms with E-state index in [0.717, 1.165) is 6.54 Å². The first-order valence-corrected chi connectivity index (χ1v) is 10.7. The molecule has 0 bridgehead atoms. The van der Waals surface area contributed by atoms with Crippen LogP contribution in [0.3, 0.4) is 0 Å². The maximum Gasteiger partial charge on any atom is 0.0774 e. The van der Waals surface area contributed by atoms with Gasteiger partial charge in [-0.2, -0.15) is 13.9 Å². The first kappa shape index (κ1) is 16.7. The van der Waals surface area contributed by atoms with Gasteiger partial charge in [0.1, 0.15) is 0 Å². The van der Waals surface area contributed by atoms with Gasteiger partial charge in [-0.25, -0.2) is 0 Å². The predicted octanol–water partition coefficient (Wildman–Crippen LogP) is 4.76. The van der Waals surface area contributed by atoms with E-state index in [0.29, 0.717) is 12.1 Å². The van der Waals surface area contributed by atoms with E-state index in [1.165, 1.54) is 44.1 Å². The summed E-state index contributed by atoms with van der Waals surface area (Å²) in [6, 6.07) is 12.1. The van der Waals surface area contributed by atoms with Crippen molar-refractivity contribution in [2.75, 3.05) is 19.1 Å². The molecule has 22 heavy (non-hydrogen) atoms. The fourth-order valence-electron chi connectivity index (χ4n) is 3.65. The third kappa shape index (κ3) is 3.49. The van der Waals surface area contributed by atoms with Crippen molar-refractivity contribution in [2.45, 2.75) is 50.6 Å². The third-order valence-electron chi connectivity index (χ3n) is 4.76. The Morgan fingerprint density at radius 3 is 2.18 bits per heavy atom. The zero-order valence-corrected chi connectivity index (χ0v) is 15.3. The first-order chi connectivity index (χ1) is 10.8. The Bertz CT molecular complexity index is 448. The van der Waals surface area contributed by atoms with Gasteiger partial charge in [0.05, 0.1) is 6.04 Å². The molecule has 1 saturated heterocycles. The minimum Gasteiger partial charge on any atom is -0.168 e. The summed E-state index contributed by atoms with van der Waals surface area (Å²) in [7, 11) is 0. The van der Waals surface area contributed by atoms with Crippen LogP contribution in [0.2, 0.25) is 0 Å². The summed E-state index contributed by atoms with van der Waals surface area (Å²) in [4.78, 5) is 0. The number of benzene rings is 1. The molecular weight excluding hydrogens is 310 g/mol. The summed E-state index contributed by atoms with van der Waals surface area (Å²) < 4.78 is 4.99. The van der Waals surface area contributed by atoms with Crippen LogP contribution in [0.25, 0.3) is 0 Å². The molecule has 3 nitrogen and oxygen atoms in total. The van der Waals surface area contributed by atoms with Crippen molar-refractivity contribution >= 4 is 23.9 Å². The highest BCUT2D eigenvalue weighted by molar-refractivity contribution is 7.97. The van der Waals surface area contributed by atoms with E-state index < -0.39 is 0 Å². The molecule has 1 aromatic carbocycles. The van der Waals surface area contributed by atoms with Crippen molar-refractivity contribution in [2.24, 2.45) is 0 Å². The average Bonchev–Trinajstić information content (AvgIpc) is 2.74. The Hall–Kier alpha value is -0.200. The van der Waals surface area contributed by atoms with Gasteiger partial charge in [-0.3, -0.25) is 0 Å². The van der Waals surface area contributed by atoms with Gasteiger partial charge >= 0.3 is 0 Å². The highest BCUT2D eigenvalue weighted by Gasteiger charge is 2.42. The quantitative estimate of drug-likeness (QED) is 0.577. The zero-order chi connectivity index (χ0) is 15.4. The summed E-state index contributed by atoms with van der Waals surface area (Å²) in [5, 5.41) is 2.57. The zero-order valence-electron chi connectivity index (χ0n) is 13.6. The molecule has 0 aromatic heterocycles. The lowest BCUT2D eigenvalue weighted by Crippen LogP contribution is -2.45. The SMILES string of the molecule is CSN1CC(c2ccccc2)N(SC)N1C1CCCCCC1. The topological polar surface area (TPSA) is 9.72 Å². The van der Waals surface area contributed by atoms with Gasteiger partial charge in [-0.05, 0) is 30.9 Å². The van der Waals surface area contributed by atoms with Crippen LogP contribution in [0.4, 0.5) is 0 Å². The minimum atomic E-state index is 0.451. The fourth-order valence-corrected chi connectivity index (χ4v) is 5.20. The Labute approximate surface area is 143 Å². The van der Waals surface area contributed by atoms with Crippen LogP contribution in [0.5, 0.6) is 0 Å². The van der Waals surface area contributed by atoms with Crippen molar-refractivity contribution in [1.29, 1.82) is 0 Å². The second kappa shape index (κ2) is 8.06. The molecule has 5 heteroatoms. The van der Waals surface area contributed by atoms with Crippen molar-refractivity contribution in [3.05, 3.63) is 35.9 Å². The summed E-state index contributed by atoms with van der Waals surface area (Å²) in [6.07, 6.45) is 12.6. The summed E-state index contributed by atoms with van der Waals surface area (Å²) >= 11 is 3.73. The van der Waals surface area contributed by atoms with E-state index in [1.807, 2.05) is 23.9 Å². The van der Waals surface area contributed by atoms with Gasteiger partial charge in [-0.1, -0.05) is 79.9 Å². The normalized spacial score (nSPS) is 26.4. The van der Waals surface area contributed by atoms with Crippen molar-refractivity contribution in [1.82, 2.24) is 13.9 Å². The number of rotatable bonds is 4. The molecule has 0 N–H and O–H groups in total. The molecule has 2 aliphatic rings. The Kier molecular flexibility index (Phi) is 6.10. The number of hydrogen-bond acceptors (Lipinski definition) is 5. The van der Waals surface area contributed by atoms with Gasteiger partial charge < -0.3 is 0 Å². The maximum atomic E-state index is 2.57. The molecule has 1 aromatic rings. The van der Waals surface area contributed by atoms with Gasteiger partial charge in [0.15, 0.2) is 0 Å². The Balaban J connectivity index is 1.83.